The molecule has 0 saturated carbocycles. The molecule has 1 heterocycles. The molecule has 0 saturated heterocycles. The van der Waals surface area contributed by atoms with E-state index < -0.39 is 0 Å². The number of aliphatic hydroxyl groups excluding tert-OH is 1. The quantitative estimate of drug-likeness (QED) is 0.757. The van der Waals surface area contributed by atoms with E-state index in [4.69, 9.17) is 20.3 Å². The first-order valence-electron chi connectivity index (χ1n) is 4.95. The van der Waals surface area contributed by atoms with Gasteiger partial charge in [0.1, 0.15) is 17.6 Å². The van der Waals surface area contributed by atoms with Gasteiger partial charge in [-0.3, -0.25) is 0 Å². The Morgan fingerprint density at radius 3 is 3.07 bits per heavy atom. The lowest BCUT2D eigenvalue weighted by Gasteiger charge is -2.29. The lowest BCUT2D eigenvalue weighted by Crippen LogP contribution is -2.32. The van der Waals surface area contributed by atoms with Crippen LogP contribution in [0.4, 0.5) is 0 Å². The number of hydrogen-bond donors (Lipinski definition) is 2. The Morgan fingerprint density at radius 1 is 1.60 bits per heavy atom. The van der Waals surface area contributed by atoms with Gasteiger partial charge in [0.15, 0.2) is 0 Å². The summed E-state index contributed by atoms with van der Waals surface area (Å²) in [4.78, 5) is 0. The Balaban J connectivity index is 2.32. The first-order valence-corrected chi connectivity index (χ1v) is 4.95. The fraction of sp³-hybridized carbons (Fsp3) is 0.455. The Kier molecular flexibility index (Phi) is 2.79. The van der Waals surface area contributed by atoms with Crippen molar-refractivity contribution in [2.75, 3.05) is 13.7 Å². The summed E-state index contributed by atoms with van der Waals surface area (Å²) in [5.41, 5.74) is 6.93. The number of fused-ring (bicyclic) bond motifs is 1. The zero-order valence-corrected chi connectivity index (χ0v) is 8.64. The third-order valence-corrected chi connectivity index (χ3v) is 2.63. The number of benzene rings is 1. The van der Waals surface area contributed by atoms with E-state index >= 15 is 0 Å². The summed E-state index contributed by atoms with van der Waals surface area (Å²) < 4.78 is 10.7. The van der Waals surface area contributed by atoms with E-state index in [2.05, 4.69) is 0 Å². The van der Waals surface area contributed by atoms with Gasteiger partial charge in [-0.1, -0.05) is 0 Å². The van der Waals surface area contributed by atoms with Crippen LogP contribution in [0, 0.1) is 0 Å². The monoisotopic (exact) mass is 209 g/mol. The minimum Gasteiger partial charge on any atom is -0.497 e. The number of aliphatic hydroxyl groups is 1. The lowest BCUT2D eigenvalue weighted by atomic mass is 9.97. The first kappa shape index (κ1) is 10.3. The third kappa shape index (κ3) is 1.91. The maximum atomic E-state index is 9.03. The van der Waals surface area contributed by atoms with E-state index in [1.165, 1.54) is 0 Å². The minimum absolute atomic E-state index is 0.000824. The predicted molar refractivity (Wildman–Crippen MR) is 56.0 cm³/mol. The van der Waals surface area contributed by atoms with E-state index in [0.29, 0.717) is 6.42 Å². The molecule has 2 atom stereocenters. The van der Waals surface area contributed by atoms with Gasteiger partial charge in [0.25, 0.3) is 0 Å². The smallest absolute Gasteiger partial charge is 0.124 e. The Morgan fingerprint density at radius 2 is 2.40 bits per heavy atom. The lowest BCUT2D eigenvalue weighted by molar-refractivity contribution is 0.0887. The van der Waals surface area contributed by atoms with Crippen molar-refractivity contribution in [1.29, 1.82) is 0 Å². The number of ether oxygens (including phenoxy) is 2. The molecule has 0 fully saturated rings. The first-order chi connectivity index (χ1) is 7.24. The summed E-state index contributed by atoms with van der Waals surface area (Å²) in [7, 11) is 1.62. The van der Waals surface area contributed by atoms with E-state index in [0.717, 1.165) is 17.1 Å². The van der Waals surface area contributed by atoms with Gasteiger partial charge >= 0.3 is 0 Å². The second kappa shape index (κ2) is 4.08. The highest BCUT2D eigenvalue weighted by atomic mass is 16.5. The van der Waals surface area contributed by atoms with Crippen LogP contribution in [-0.2, 0) is 0 Å². The van der Waals surface area contributed by atoms with E-state index in [-0.39, 0.29) is 18.8 Å². The summed E-state index contributed by atoms with van der Waals surface area (Å²) in [5, 5.41) is 9.03. The summed E-state index contributed by atoms with van der Waals surface area (Å²) in [6.45, 7) is -0.000824. The SMILES string of the molecule is COc1ccc2c(c1)[C@H](N)CC(CO)O2. The summed E-state index contributed by atoms with van der Waals surface area (Å²) in [6, 6.07) is 5.44. The molecule has 0 aromatic heterocycles. The van der Waals surface area contributed by atoms with Crippen LogP contribution in [0.3, 0.4) is 0 Å². The molecule has 1 aliphatic rings. The van der Waals surface area contributed by atoms with Gasteiger partial charge in [-0.25, -0.2) is 0 Å². The largest absolute Gasteiger partial charge is 0.497 e. The number of nitrogens with two attached hydrogens (primary N) is 1. The summed E-state index contributed by atoms with van der Waals surface area (Å²) in [5.74, 6) is 1.52. The second-order valence-corrected chi connectivity index (χ2v) is 3.67. The highest BCUT2D eigenvalue weighted by molar-refractivity contribution is 5.43. The van der Waals surface area contributed by atoms with E-state index in [1.807, 2.05) is 18.2 Å². The molecule has 0 amide bonds. The molecule has 15 heavy (non-hydrogen) atoms. The topological polar surface area (TPSA) is 64.7 Å². The van der Waals surface area contributed by atoms with Crippen LogP contribution in [-0.4, -0.2) is 24.9 Å². The molecule has 4 heteroatoms. The third-order valence-electron chi connectivity index (χ3n) is 2.63. The van der Waals surface area contributed by atoms with Crippen LogP contribution < -0.4 is 15.2 Å². The van der Waals surface area contributed by atoms with Crippen LogP contribution in [0.1, 0.15) is 18.0 Å². The summed E-state index contributed by atoms with van der Waals surface area (Å²) in [6.07, 6.45) is 0.442. The molecular weight excluding hydrogens is 194 g/mol. The van der Waals surface area contributed by atoms with Crippen molar-refractivity contribution in [3.8, 4) is 11.5 Å². The van der Waals surface area contributed by atoms with Gasteiger partial charge in [0, 0.05) is 18.0 Å². The van der Waals surface area contributed by atoms with Gasteiger partial charge in [0.2, 0.25) is 0 Å². The van der Waals surface area contributed by atoms with Gasteiger partial charge in [0.05, 0.1) is 13.7 Å². The van der Waals surface area contributed by atoms with Crippen LogP contribution in [0.2, 0.25) is 0 Å². The molecule has 1 aromatic rings. The number of rotatable bonds is 2. The van der Waals surface area contributed by atoms with Crippen molar-refractivity contribution in [2.24, 2.45) is 5.73 Å². The molecule has 1 unspecified atom stereocenters. The Bertz CT molecular complexity index is 354. The van der Waals surface area contributed by atoms with Crippen LogP contribution in [0.5, 0.6) is 11.5 Å². The molecule has 82 valence electrons. The maximum absolute atomic E-state index is 9.03. The zero-order valence-electron chi connectivity index (χ0n) is 8.64. The molecule has 0 radical (unpaired) electrons. The molecular formula is C11H15NO3. The van der Waals surface area contributed by atoms with E-state index in [9.17, 15) is 0 Å². The van der Waals surface area contributed by atoms with Crippen molar-refractivity contribution < 1.29 is 14.6 Å². The summed E-state index contributed by atoms with van der Waals surface area (Å²) >= 11 is 0. The Hall–Kier alpha value is -1.26. The predicted octanol–water partition coefficient (Wildman–Crippen LogP) is 0.838. The van der Waals surface area contributed by atoms with Gasteiger partial charge in [-0.15, -0.1) is 0 Å². The maximum Gasteiger partial charge on any atom is 0.124 e. The second-order valence-electron chi connectivity index (χ2n) is 3.67. The average molecular weight is 209 g/mol. The van der Waals surface area contributed by atoms with Gasteiger partial charge < -0.3 is 20.3 Å². The molecule has 2 rings (SSSR count). The van der Waals surface area contributed by atoms with Crippen molar-refractivity contribution >= 4 is 0 Å². The number of methoxy groups -OCH3 is 1. The molecule has 4 nitrogen and oxygen atoms in total. The fourth-order valence-electron chi connectivity index (χ4n) is 1.80. The van der Waals surface area contributed by atoms with E-state index in [1.54, 1.807) is 7.11 Å². The Labute approximate surface area is 88.6 Å². The molecule has 1 aliphatic heterocycles. The molecule has 0 spiro atoms. The van der Waals surface area contributed by atoms with Crippen molar-refractivity contribution in [2.45, 2.75) is 18.6 Å². The number of hydrogen-bond acceptors (Lipinski definition) is 4. The zero-order chi connectivity index (χ0) is 10.8. The molecule has 3 N–H and O–H groups in total. The van der Waals surface area contributed by atoms with Crippen molar-refractivity contribution in [3.05, 3.63) is 23.8 Å². The van der Waals surface area contributed by atoms with Crippen molar-refractivity contribution in [3.63, 3.8) is 0 Å². The highest BCUT2D eigenvalue weighted by Crippen LogP contribution is 2.35. The standard InChI is InChI=1S/C11H15NO3/c1-14-7-2-3-11-9(4-7)10(12)5-8(6-13)15-11/h2-4,8,10,13H,5-6,12H2,1H3/t8?,10-/m1/s1. The highest BCUT2D eigenvalue weighted by Gasteiger charge is 2.25. The normalized spacial score (nSPS) is 24.2. The average Bonchev–Trinajstić information content (AvgIpc) is 2.28. The minimum atomic E-state index is -0.194. The molecule has 0 aliphatic carbocycles. The van der Waals surface area contributed by atoms with Crippen LogP contribution in [0.25, 0.3) is 0 Å². The molecule has 0 bridgehead atoms. The fourth-order valence-corrected chi connectivity index (χ4v) is 1.80. The van der Waals surface area contributed by atoms with Crippen molar-refractivity contribution in [1.82, 2.24) is 0 Å². The van der Waals surface area contributed by atoms with Crippen LogP contribution >= 0.6 is 0 Å². The molecule has 1 aromatic carbocycles. The van der Waals surface area contributed by atoms with Gasteiger partial charge in [-0.05, 0) is 18.2 Å². The van der Waals surface area contributed by atoms with Crippen LogP contribution in [0.15, 0.2) is 18.2 Å². The van der Waals surface area contributed by atoms with Gasteiger partial charge in [-0.2, -0.15) is 0 Å².